The lowest BCUT2D eigenvalue weighted by atomic mass is 10.1. The van der Waals surface area contributed by atoms with Gasteiger partial charge in [0.2, 0.25) is 6.29 Å². The minimum absolute atomic E-state index is 0.290. The number of aromatic nitrogens is 1. The van der Waals surface area contributed by atoms with Crippen LogP contribution in [-0.4, -0.2) is 17.3 Å². The van der Waals surface area contributed by atoms with Gasteiger partial charge in [0.25, 0.3) is 0 Å². The normalized spacial score (nSPS) is 12.9. The molecule has 0 aliphatic rings. The van der Waals surface area contributed by atoms with Crippen LogP contribution in [0.1, 0.15) is 5.56 Å². The van der Waals surface area contributed by atoms with Gasteiger partial charge in [-0.3, -0.25) is 4.79 Å². The predicted molar refractivity (Wildman–Crippen MR) is 55.6 cm³/mol. The molecule has 2 rings (SSSR count). The van der Waals surface area contributed by atoms with Crippen molar-refractivity contribution in [1.29, 1.82) is 0 Å². The highest BCUT2D eigenvalue weighted by Gasteiger charge is 2.08. The number of carbonyl (C=O) groups excluding carboxylic acids is 1. The molecule has 77 valence electrons. The summed E-state index contributed by atoms with van der Waals surface area (Å²) in [6, 6.07) is 3.84. The molecule has 0 bridgehead atoms. The molecule has 0 aliphatic heterocycles. The van der Waals surface area contributed by atoms with E-state index in [2.05, 4.69) is 4.98 Å². The zero-order valence-corrected chi connectivity index (χ0v) is 7.96. The Bertz CT molecular complexity index is 492. The number of aromatic amines is 1. The molecule has 0 unspecified atom stereocenters. The van der Waals surface area contributed by atoms with Gasteiger partial charge in [-0.25, -0.2) is 4.39 Å². The second-order valence-corrected chi connectivity index (χ2v) is 3.43. The van der Waals surface area contributed by atoms with E-state index in [1.54, 1.807) is 18.5 Å². The van der Waals surface area contributed by atoms with Crippen molar-refractivity contribution >= 4 is 17.2 Å². The zero-order chi connectivity index (χ0) is 10.8. The van der Waals surface area contributed by atoms with Crippen LogP contribution in [0.15, 0.2) is 24.4 Å². The third-order valence-corrected chi connectivity index (χ3v) is 2.32. The lowest BCUT2D eigenvalue weighted by molar-refractivity contribution is 0.541. The fourth-order valence-corrected chi connectivity index (χ4v) is 1.61. The largest absolute Gasteiger partial charge is 0.361 e. The van der Waals surface area contributed by atoms with E-state index in [4.69, 9.17) is 5.73 Å². The lowest BCUT2D eigenvalue weighted by Crippen LogP contribution is -2.23. The second-order valence-electron chi connectivity index (χ2n) is 3.43. The molecule has 1 aromatic heterocycles. The molecule has 3 nitrogen and oxygen atoms in total. The Labute approximate surface area is 86.1 Å². The summed E-state index contributed by atoms with van der Waals surface area (Å²) in [6.45, 7) is 0. The van der Waals surface area contributed by atoms with Gasteiger partial charge in [0, 0.05) is 17.1 Å². The Kier molecular flexibility index (Phi) is 2.51. The molecule has 0 saturated heterocycles. The van der Waals surface area contributed by atoms with Crippen LogP contribution in [-0.2, 0) is 11.2 Å². The van der Waals surface area contributed by atoms with Crippen LogP contribution in [0.5, 0.6) is 0 Å². The van der Waals surface area contributed by atoms with Crippen molar-refractivity contribution in [3.05, 3.63) is 35.8 Å². The van der Waals surface area contributed by atoms with Gasteiger partial charge in [-0.2, -0.15) is 0 Å². The van der Waals surface area contributed by atoms with E-state index in [0.29, 0.717) is 11.9 Å². The molecule has 15 heavy (non-hydrogen) atoms. The number of fused-ring (bicyclic) bond motifs is 1. The first-order chi connectivity index (χ1) is 7.20. The van der Waals surface area contributed by atoms with E-state index >= 15 is 0 Å². The maximum atomic E-state index is 12.9. The lowest BCUT2D eigenvalue weighted by Gasteiger charge is -2.00. The van der Waals surface area contributed by atoms with Crippen LogP contribution in [0.25, 0.3) is 10.9 Å². The van der Waals surface area contributed by atoms with Crippen LogP contribution in [0.2, 0.25) is 0 Å². The molecule has 4 heteroatoms. The number of rotatable bonds is 3. The smallest absolute Gasteiger partial charge is 0.217 e. The molecule has 0 saturated carbocycles. The standard InChI is InChI=1S/C11H10FN2O/c12-8-1-2-10-7(3-9(13)6-15)5-14-11(10)4-8/h1-2,4-5,9,14H,3,13H2/t9-/m0/s1. The third kappa shape index (κ3) is 1.89. The average molecular weight is 205 g/mol. The summed E-state index contributed by atoms with van der Waals surface area (Å²) >= 11 is 0. The number of benzene rings is 1. The minimum Gasteiger partial charge on any atom is -0.361 e. The number of nitrogens with one attached hydrogen (secondary N) is 1. The molecule has 0 aliphatic carbocycles. The fraction of sp³-hybridized carbons (Fsp3) is 0.182. The summed E-state index contributed by atoms with van der Waals surface area (Å²) in [6.07, 6.45) is 3.87. The molecule has 0 fully saturated rings. The van der Waals surface area contributed by atoms with Crippen LogP contribution >= 0.6 is 0 Å². The van der Waals surface area contributed by atoms with Gasteiger partial charge >= 0.3 is 0 Å². The van der Waals surface area contributed by atoms with Gasteiger partial charge in [-0.05, 0) is 30.2 Å². The van der Waals surface area contributed by atoms with E-state index < -0.39 is 6.04 Å². The molecule has 1 aromatic carbocycles. The molecular weight excluding hydrogens is 195 g/mol. The molecule has 1 atom stereocenters. The monoisotopic (exact) mass is 205 g/mol. The van der Waals surface area contributed by atoms with E-state index in [-0.39, 0.29) is 5.82 Å². The maximum absolute atomic E-state index is 12.9. The minimum atomic E-state index is -0.631. The Morgan fingerprint density at radius 3 is 3.07 bits per heavy atom. The van der Waals surface area contributed by atoms with Gasteiger partial charge in [0.1, 0.15) is 5.82 Å². The Balaban J connectivity index is 2.40. The van der Waals surface area contributed by atoms with Crippen LogP contribution in [0.4, 0.5) is 4.39 Å². The Morgan fingerprint density at radius 2 is 2.33 bits per heavy atom. The third-order valence-electron chi connectivity index (χ3n) is 2.32. The Hall–Kier alpha value is -1.68. The number of H-pyrrole nitrogens is 1. The van der Waals surface area contributed by atoms with Crippen molar-refractivity contribution in [2.24, 2.45) is 5.73 Å². The molecule has 3 N–H and O–H groups in total. The molecule has 0 amide bonds. The highest BCUT2D eigenvalue weighted by molar-refractivity contribution is 5.83. The van der Waals surface area contributed by atoms with E-state index in [0.717, 1.165) is 10.9 Å². The van der Waals surface area contributed by atoms with Gasteiger partial charge < -0.3 is 10.7 Å². The van der Waals surface area contributed by atoms with E-state index in [1.807, 2.05) is 0 Å². The number of halogens is 1. The summed E-state index contributed by atoms with van der Waals surface area (Å²) in [4.78, 5) is 13.2. The van der Waals surface area contributed by atoms with Crippen molar-refractivity contribution < 1.29 is 9.18 Å². The summed E-state index contributed by atoms with van der Waals surface area (Å²) in [5, 5.41) is 0.891. The van der Waals surface area contributed by atoms with Crippen molar-refractivity contribution in [3.8, 4) is 0 Å². The number of nitrogens with two attached hydrogens (primary N) is 1. The van der Waals surface area contributed by atoms with Gasteiger partial charge in [0.05, 0.1) is 6.04 Å². The van der Waals surface area contributed by atoms with Gasteiger partial charge in [-0.15, -0.1) is 0 Å². The maximum Gasteiger partial charge on any atom is 0.217 e. The van der Waals surface area contributed by atoms with E-state index in [9.17, 15) is 9.18 Å². The molecular formula is C11H10FN2O. The van der Waals surface area contributed by atoms with Crippen molar-refractivity contribution in [1.82, 2.24) is 4.98 Å². The Morgan fingerprint density at radius 1 is 1.53 bits per heavy atom. The molecule has 2 aromatic rings. The van der Waals surface area contributed by atoms with Gasteiger partial charge in [0.15, 0.2) is 0 Å². The van der Waals surface area contributed by atoms with Crippen LogP contribution in [0.3, 0.4) is 0 Å². The highest BCUT2D eigenvalue weighted by atomic mass is 19.1. The van der Waals surface area contributed by atoms with Crippen LogP contribution < -0.4 is 5.73 Å². The first kappa shape index (κ1) is 9.86. The summed E-state index contributed by atoms with van der Waals surface area (Å²) < 4.78 is 12.9. The van der Waals surface area contributed by atoms with E-state index in [1.165, 1.54) is 12.1 Å². The molecule has 0 spiro atoms. The quantitative estimate of drug-likeness (QED) is 0.793. The number of hydrogen-bond acceptors (Lipinski definition) is 2. The van der Waals surface area contributed by atoms with Gasteiger partial charge in [-0.1, -0.05) is 0 Å². The topological polar surface area (TPSA) is 58.9 Å². The summed E-state index contributed by atoms with van der Waals surface area (Å²) in [5.74, 6) is -0.290. The molecule has 1 heterocycles. The summed E-state index contributed by atoms with van der Waals surface area (Å²) in [7, 11) is 0. The average Bonchev–Trinajstić information content (AvgIpc) is 2.60. The zero-order valence-electron chi connectivity index (χ0n) is 7.96. The molecule has 1 radical (unpaired) electrons. The number of hydrogen-bond donors (Lipinski definition) is 2. The SMILES string of the molecule is N[C@H]([C]=O)Cc1c[nH]c2cc(F)ccc12. The first-order valence-electron chi connectivity index (χ1n) is 4.59. The van der Waals surface area contributed by atoms with Crippen molar-refractivity contribution in [2.75, 3.05) is 0 Å². The first-order valence-corrected chi connectivity index (χ1v) is 4.59. The fourth-order valence-electron chi connectivity index (χ4n) is 1.61. The highest BCUT2D eigenvalue weighted by Crippen LogP contribution is 2.19. The van der Waals surface area contributed by atoms with Crippen molar-refractivity contribution in [3.63, 3.8) is 0 Å². The predicted octanol–water partition coefficient (Wildman–Crippen LogP) is 1.29. The van der Waals surface area contributed by atoms with Crippen LogP contribution in [0, 0.1) is 5.82 Å². The second kappa shape index (κ2) is 3.82. The van der Waals surface area contributed by atoms with Crippen molar-refractivity contribution in [2.45, 2.75) is 12.5 Å². The summed E-state index contributed by atoms with van der Waals surface area (Å²) in [5.41, 5.74) is 7.09.